The molecule has 2 atom stereocenters. The normalized spacial score (nSPS) is 27.2. The molecule has 0 spiro atoms. The Bertz CT molecular complexity index is 444. The van der Waals surface area contributed by atoms with Crippen molar-refractivity contribution in [3.63, 3.8) is 0 Å². The van der Waals surface area contributed by atoms with Gasteiger partial charge in [-0.1, -0.05) is 50.0 Å². The lowest BCUT2D eigenvalue weighted by Gasteiger charge is -2.07. The maximum absolute atomic E-state index is 3.55. The minimum Gasteiger partial charge on any atom is -0.131 e. The molecule has 0 aromatic heterocycles. The van der Waals surface area contributed by atoms with Crippen LogP contribution in [0.2, 0.25) is 19.6 Å². The van der Waals surface area contributed by atoms with Gasteiger partial charge in [-0.2, -0.15) is 0 Å². The molecule has 0 bridgehead atoms. The molecule has 0 N–H and O–H groups in total. The van der Waals surface area contributed by atoms with Crippen LogP contribution in [0.4, 0.5) is 0 Å². The maximum Gasteiger partial charge on any atom is 0.129 e. The summed E-state index contributed by atoms with van der Waals surface area (Å²) in [6, 6.07) is 10.8. The second-order valence-corrected chi connectivity index (χ2v) is 11.3. The van der Waals surface area contributed by atoms with E-state index in [-0.39, 0.29) is 0 Å². The Kier molecular flexibility index (Phi) is 3.18. The van der Waals surface area contributed by atoms with Crippen molar-refractivity contribution in [2.75, 3.05) is 0 Å². The summed E-state index contributed by atoms with van der Waals surface area (Å²) in [6.45, 7) is 9.28. The van der Waals surface area contributed by atoms with E-state index in [2.05, 4.69) is 68.4 Å². The maximum atomic E-state index is 3.55. The SMILES string of the molecule is C[C@@]1(C#C[Si](C)(C)C)C[C@H]1Cc1ccccc1. The van der Waals surface area contributed by atoms with Gasteiger partial charge in [-0.15, -0.1) is 11.5 Å². The highest BCUT2D eigenvalue weighted by atomic mass is 28.3. The molecule has 1 aromatic rings. The van der Waals surface area contributed by atoms with E-state index in [0.29, 0.717) is 5.41 Å². The van der Waals surface area contributed by atoms with Crippen molar-refractivity contribution < 1.29 is 0 Å². The van der Waals surface area contributed by atoms with Gasteiger partial charge in [0.25, 0.3) is 0 Å². The van der Waals surface area contributed by atoms with E-state index in [1.54, 1.807) is 0 Å². The quantitative estimate of drug-likeness (QED) is 0.540. The van der Waals surface area contributed by atoms with E-state index in [4.69, 9.17) is 0 Å². The van der Waals surface area contributed by atoms with Crippen LogP contribution in [0.5, 0.6) is 0 Å². The zero-order valence-corrected chi connectivity index (χ0v) is 12.4. The average molecular weight is 242 g/mol. The van der Waals surface area contributed by atoms with Crippen LogP contribution in [0.3, 0.4) is 0 Å². The molecule has 1 aromatic carbocycles. The topological polar surface area (TPSA) is 0 Å². The lowest BCUT2D eigenvalue weighted by atomic mass is 10.0. The summed E-state index contributed by atoms with van der Waals surface area (Å²) in [4.78, 5) is 0. The molecule has 17 heavy (non-hydrogen) atoms. The minimum atomic E-state index is -1.21. The fourth-order valence-electron chi connectivity index (χ4n) is 2.13. The van der Waals surface area contributed by atoms with Crippen LogP contribution in [0.25, 0.3) is 0 Å². The zero-order chi connectivity index (χ0) is 12.5. The fraction of sp³-hybridized carbons (Fsp3) is 0.500. The number of hydrogen-bond acceptors (Lipinski definition) is 0. The fourth-order valence-corrected chi connectivity index (χ4v) is 2.79. The van der Waals surface area contributed by atoms with Gasteiger partial charge in [0.2, 0.25) is 0 Å². The summed E-state index contributed by atoms with van der Waals surface area (Å²) < 4.78 is 0. The van der Waals surface area contributed by atoms with Gasteiger partial charge >= 0.3 is 0 Å². The Labute approximate surface area is 106 Å². The molecular weight excluding hydrogens is 220 g/mol. The Balaban J connectivity index is 1.97. The Morgan fingerprint density at radius 3 is 2.47 bits per heavy atom. The van der Waals surface area contributed by atoms with Gasteiger partial charge in [0.15, 0.2) is 0 Å². The number of rotatable bonds is 2. The molecule has 2 rings (SSSR count). The third-order valence-corrected chi connectivity index (χ3v) is 4.33. The van der Waals surface area contributed by atoms with Crippen molar-refractivity contribution in [1.29, 1.82) is 0 Å². The monoisotopic (exact) mass is 242 g/mol. The van der Waals surface area contributed by atoms with Gasteiger partial charge < -0.3 is 0 Å². The molecule has 0 saturated heterocycles. The molecular formula is C16H22Si. The van der Waals surface area contributed by atoms with Crippen molar-refractivity contribution in [1.82, 2.24) is 0 Å². The molecule has 0 amide bonds. The number of benzene rings is 1. The molecule has 1 heteroatoms. The molecule has 0 heterocycles. The van der Waals surface area contributed by atoms with Gasteiger partial charge in [-0.3, -0.25) is 0 Å². The molecule has 0 nitrogen and oxygen atoms in total. The van der Waals surface area contributed by atoms with Gasteiger partial charge in [0, 0.05) is 5.41 Å². The van der Waals surface area contributed by atoms with E-state index < -0.39 is 8.07 Å². The smallest absolute Gasteiger partial charge is 0.129 e. The summed E-state index contributed by atoms with van der Waals surface area (Å²) in [6.07, 6.45) is 2.47. The van der Waals surface area contributed by atoms with Crippen molar-refractivity contribution in [2.45, 2.75) is 39.4 Å². The first kappa shape index (κ1) is 12.5. The van der Waals surface area contributed by atoms with E-state index in [1.165, 1.54) is 18.4 Å². The second kappa shape index (κ2) is 4.35. The standard InChI is InChI=1S/C16H22Si/c1-16(10-11-17(2,3)4)13-15(16)12-14-8-6-5-7-9-14/h5-9,15H,12-13H2,1-4H3/t15-,16-/m1/s1. The van der Waals surface area contributed by atoms with Crippen molar-refractivity contribution in [3.05, 3.63) is 35.9 Å². The highest BCUT2D eigenvalue weighted by Gasteiger charge is 2.48. The average Bonchev–Trinajstić information content (AvgIpc) is 2.88. The highest BCUT2D eigenvalue weighted by molar-refractivity contribution is 6.83. The van der Waals surface area contributed by atoms with Crippen LogP contribution in [0.15, 0.2) is 30.3 Å². The van der Waals surface area contributed by atoms with Crippen molar-refractivity contribution in [2.24, 2.45) is 11.3 Å². The Hall–Kier alpha value is -1.00. The first-order valence-electron chi connectivity index (χ1n) is 6.47. The van der Waals surface area contributed by atoms with E-state index in [1.807, 2.05) is 0 Å². The molecule has 1 saturated carbocycles. The van der Waals surface area contributed by atoms with Crippen LogP contribution in [0.1, 0.15) is 18.9 Å². The molecule has 1 fully saturated rings. The predicted octanol–water partition coefficient (Wildman–Crippen LogP) is 4.14. The molecule has 0 aliphatic heterocycles. The first-order chi connectivity index (χ1) is 7.89. The summed E-state index contributed by atoms with van der Waals surface area (Å²) in [5.74, 6) is 4.33. The number of hydrogen-bond donors (Lipinski definition) is 0. The predicted molar refractivity (Wildman–Crippen MR) is 77.5 cm³/mol. The third-order valence-electron chi connectivity index (χ3n) is 3.46. The lowest BCUT2D eigenvalue weighted by Crippen LogP contribution is -2.17. The third kappa shape index (κ3) is 3.48. The summed E-state index contributed by atoms with van der Waals surface area (Å²) in [7, 11) is -1.21. The highest BCUT2D eigenvalue weighted by Crippen LogP contribution is 2.53. The van der Waals surface area contributed by atoms with Crippen molar-refractivity contribution >= 4 is 8.07 Å². The minimum absolute atomic E-state index is 0.302. The summed E-state index contributed by atoms with van der Waals surface area (Å²) in [5, 5.41) is 0. The molecule has 1 aliphatic carbocycles. The van der Waals surface area contributed by atoms with E-state index in [9.17, 15) is 0 Å². The van der Waals surface area contributed by atoms with Gasteiger partial charge in [0.1, 0.15) is 8.07 Å². The van der Waals surface area contributed by atoms with E-state index >= 15 is 0 Å². The van der Waals surface area contributed by atoms with Gasteiger partial charge in [-0.05, 0) is 31.2 Å². The van der Waals surface area contributed by atoms with Gasteiger partial charge in [0.05, 0.1) is 0 Å². The largest absolute Gasteiger partial charge is 0.131 e. The van der Waals surface area contributed by atoms with Crippen molar-refractivity contribution in [3.8, 4) is 11.5 Å². The Morgan fingerprint density at radius 1 is 1.24 bits per heavy atom. The van der Waals surface area contributed by atoms with Crippen LogP contribution >= 0.6 is 0 Å². The summed E-state index contributed by atoms with van der Waals surface area (Å²) >= 11 is 0. The van der Waals surface area contributed by atoms with Gasteiger partial charge in [-0.25, -0.2) is 0 Å². The van der Waals surface area contributed by atoms with Crippen LogP contribution in [-0.4, -0.2) is 8.07 Å². The Morgan fingerprint density at radius 2 is 1.88 bits per heavy atom. The first-order valence-corrected chi connectivity index (χ1v) is 9.97. The van der Waals surface area contributed by atoms with Crippen LogP contribution < -0.4 is 0 Å². The molecule has 0 unspecified atom stereocenters. The summed E-state index contributed by atoms with van der Waals surface area (Å²) in [5.41, 5.74) is 5.29. The molecule has 90 valence electrons. The zero-order valence-electron chi connectivity index (χ0n) is 11.4. The lowest BCUT2D eigenvalue weighted by molar-refractivity contribution is 0.645. The molecule has 1 aliphatic rings. The molecule has 0 radical (unpaired) electrons. The van der Waals surface area contributed by atoms with Crippen LogP contribution in [0, 0.1) is 22.8 Å². The van der Waals surface area contributed by atoms with E-state index in [0.717, 1.165) is 5.92 Å². The van der Waals surface area contributed by atoms with Crippen LogP contribution in [-0.2, 0) is 6.42 Å². The second-order valence-electron chi connectivity index (χ2n) is 6.51.